The number of methoxy groups -OCH3 is 2. The Labute approximate surface area is 97.3 Å². The van der Waals surface area contributed by atoms with Crippen LogP contribution in [0.15, 0.2) is 12.1 Å². The Morgan fingerprint density at radius 3 is 2.59 bits per heavy atom. The van der Waals surface area contributed by atoms with Crippen LogP contribution in [-0.4, -0.2) is 25.1 Å². The van der Waals surface area contributed by atoms with Crippen LogP contribution in [0.25, 0.3) is 0 Å². The zero-order chi connectivity index (χ0) is 13.0. The van der Waals surface area contributed by atoms with E-state index in [1.807, 2.05) is 0 Å². The number of anilines is 1. The maximum atomic E-state index is 11.1. The van der Waals surface area contributed by atoms with Gasteiger partial charge in [-0.2, -0.15) is 0 Å². The first-order valence-corrected chi connectivity index (χ1v) is 4.67. The molecule has 0 aliphatic heterocycles. The molecule has 0 atom stereocenters. The quantitative estimate of drug-likeness (QED) is 0.363. The van der Waals surface area contributed by atoms with Crippen molar-refractivity contribution in [2.75, 3.05) is 20.0 Å². The van der Waals surface area contributed by atoms with Crippen LogP contribution in [-0.2, 0) is 16.0 Å². The van der Waals surface area contributed by atoms with Gasteiger partial charge in [0, 0.05) is 11.6 Å². The third kappa shape index (κ3) is 2.83. The number of hydrogen-bond acceptors (Lipinski definition) is 6. The van der Waals surface area contributed by atoms with Crippen molar-refractivity contribution >= 4 is 17.3 Å². The van der Waals surface area contributed by atoms with E-state index in [1.54, 1.807) is 0 Å². The smallest absolute Gasteiger partial charge is 0.310 e. The van der Waals surface area contributed by atoms with Crippen LogP contribution in [0.3, 0.4) is 0 Å². The second-order valence-electron chi connectivity index (χ2n) is 3.23. The first kappa shape index (κ1) is 12.8. The zero-order valence-electron chi connectivity index (χ0n) is 9.43. The number of nitrogens with two attached hydrogens (primary N) is 1. The third-order valence-electron chi connectivity index (χ3n) is 2.17. The minimum absolute atomic E-state index is 0.0479. The predicted molar refractivity (Wildman–Crippen MR) is 59.8 cm³/mol. The molecule has 0 saturated heterocycles. The summed E-state index contributed by atoms with van der Waals surface area (Å²) >= 11 is 0. The number of carbonyl (C=O) groups is 1. The Hall–Kier alpha value is -2.31. The number of nitro groups is 1. The molecule has 7 heteroatoms. The van der Waals surface area contributed by atoms with Gasteiger partial charge in [-0.3, -0.25) is 14.9 Å². The highest BCUT2D eigenvalue weighted by molar-refractivity contribution is 5.77. The van der Waals surface area contributed by atoms with Crippen molar-refractivity contribution in [3.63, 3.8) is 0 Å². The summed E-state index contributed by atoms with van der Waals surface area (Å²) < 4.78 is 9.39. The number of esters is 1. The number of nitro benzene ring substituents is 1. The molecule has 7 nitrogen and oxygen atoms in total. The molecule has 1 aromatic carbocycles. The number of nitrogen functional groups attached to an aromatic ring is 1. The molecule has 17 heavy (non-hydrogen) atoms. The van der Waals surface area contributed by atoms with Gasteiger partial charge < -0.3 is 15.2 Å². The Kier molecular flexibility index (Phi) is 3.86. The summed E-state index contributed by atoms with van der Waals surface area (Å²) in [5, 5.41) is 10.8. The molecule has 0 heterocycles. The number of benzene rings is 1. The summed E-state index contributed by atoms with van der Waals surface area (Å²) in [6.45, 7) is 0. The van der Waals surface area contributed by atoms with Crippen LogP contribution in [0.5, 0.6) is 5.75 Å². The molecule has 0 radical (unpaired) electrons. The Balaban J connectivity index is 3.27. The average Bonchev–Trinajstić information content (AvgIpc) is 2.27. The van der Waals surface area contributed by atoms with E-state index in [0.717, 1.165) is 0 Å². The van der Waals surface area contributed by atoms with Gasteiger partial charge in [-0.15, -0.1) is 0 Å². The maximum Gasteiger partial charge on any atom is 0.310 e. The minimum Gasteiger partial charge on any atom is -0.497 e. The van der Waals surface area contributed by atoms with Gasteiger partial charge in [0.2, 0.25) is 0 Å². The van der Waals surface area contributed by atoms with Crippen molar-refractivity contribution in [1.29, 1.82) is 0 Å². The molecule has 0 amide bonds. The molecular weight excluding hydrogens is 228 g/mol. The van der Waals surface area contributed by atoms with E-state index in [9.17, 15) is 14.9 Å². The van der Waals surface area contributed by atoms with E-state index in [1.165, 1.54) is 26.4 Å². The molecule has 1 aromatic rings. The topological polar surface area (TPSA) is 105 Å². The van der Waals surface area contributed by atoms with E-state index < -0.39 is 10.9 Å². The van der Waals surface area contributed by atoms with E-state index in [2.05, 4.69) is 4.74 Å². The zero-order valence-corrected chi connectivity index (χ0v) is 9.43. The van der Waals surface area contributed by atoms with Crippen LogP contribution < -0.4 is 10.5 Å². The fourth-order valence-electron chi connectivity index (χ4n) is 1.39. The molecular formula is C10H12N2O5. The third-order valence-corrected chi connectivity index (χ3v) is 2.17. The SMILES string of the molecule is COC(=O)Cc1cc(OC)cc(N)c1[N+](=O)[O-]. The Morgan fingerprint density at radius 2 is 2.12 bits per heavy atom. The van der Waals surface area contributed by atoms with Crippen molar-refractivity contribution in [2.24, 2.45) is 0 Å². The number of nitrogens with zero attached hydrogens (tertiary/aromatic N) is 1. The van der Waals surface area contributed by atoms with Gasteiger partial charge in [-0.1, -0.05) is 0 Å². The van der Waals surface area contributed by atoms with Gasteiger partial charge in [0.15, 0.2) is 0 Å². The molecule has 0 spiro atoms. The molecule has 0 fully saturated rings. The number of rotatable bonds is 4. The van der Waals surface area contributed by atoms with Gasteiger partial charge in [0.1, 0.15) is 11.4 Å². The van der Waals surface area contributed by atoms with Gasteiger partial charge in [0.05, 0.1) is 25.6 Å². The molecule has 0 aliphatic carbocycles. The summed E-state index contributed by atoms with van der Waals surface area (Å²) in [7, 11) is 2.61. The molecule has 0 bridgehead atoms. The number of carbonyl (C=O) groups excluding carboxylic acids is 1. The largest absolute Gasteiger partial charge is 0.497 e. The van der Waals surface area contributed by atoms with Crippen molar-refractivity contribution in [2.45, 2.75) is 6.42 Å². The molecule has 0 aliphatic rings. The van der Waals surface area contributed by atoms with Crippen LogP contribution in [0.2, 0.25) is 0 Å². The lowest BCUT2D eigenvalue weighted by atomic mass is 10.1. The lowest BCUT2D eigenvalue weighted by molar-refractivity contribution is -0.384. The van der Waals surface area contributed by atoms with Gasteiger partial charge in [0.25, 0.3) is 5.69 Å². The van der Waals surface area contributed by atoms with Crippen molar-refractivity contribution in [3.8, 4) is 5.75 Å². The van der Waals surface area contributed by atoms with E-state index >= 15 is 0 Å². The normalized spacial score (nSPS) is 9.76. The second kappa shape index (κ2) is 5.15. The molecule has 1 rings (SSSR count). The summed E-state index contributed by atoms with van der Waals surface area (Å²) in [6.07, 6.45) is -0.228. The Bertz CT molecular complexity index is 458. The molecule has 92 valence electrons. The first-order valence-electron chi connectivity index (χ1n) is 4.67. The standard InChI is InChI=1S/C10H12N2O5/c1-16-7-3-6(4-9(13)17-2)10(12(14)15)8(11)5-7/h3,5H,4,11H2,1-2H3. The van der Waals surface area contributed by atoms with Crippen molar-refractivity contribution in [3.05, 3.63) is 27.8 Å². The minimum atomic E-state index is -0.632. The van der Waals surface area contributed by atoms with Crippen molar-refractivity contribution < 1.29 is 19.2 Å². The highest BCUT2D eigenvalue weighted by Crippen LogP contribution is 2.31. The molecule has 0 aromatic heterocycles. The van der Waals surface area contributed by atoms with Crippen LogP contribution in [0.1, 0.15) is 5.56 Å². The first-order chi connectivity index (χ1) is 7.99. The number of hydrogen-bond donors (Lipinski definition) is 1. The molecule has 2 N–H and O–H groups in total. The summed E-state index contributed by atoms with van der Waals surface area (Å²) in [4.78, 5) is 21.4. The summed E-state index contributed by atoms with van der Waals surface area (Å²) in [5.74, 6) is -0.229. The van der Waals surface area contributed by atoms with E-state index in [4.69, 9.17) is 10.5 Å². The molecule has 0 saturated carbocycles. The van der Waals surface area contributed by atoms with Gasteiger partial charge >= 0.3 is 5.97 Å². The highest BCUT2D eigenvalue weighted by Gasteiger charge is 2.22. The predicted octanol–water partition coefficient (Wildman–Crippen LogP) is 0.901. The Morgan fingerprint density at radius 1 is 1.47 bits per heavy atom. The van der Waals surface area contributed by atoms with Crippen LogP contribution in [0.4, 0.5) is 11.4 Å². The maximum absolute atomic E-state index is 11.1. The van der Waals surface area contributed by atoms with Crippen LogP contribution >= 0.6 is 0 Å². The second-order valence-corrected chi connectivity index (χ2v) is 3.23. The number of ether oxygens (including phenoxy) is 2. The lowest BCUT2D eigenvalue weighted by Crippen LogP contribution is -2.08. The van der Waals surface area contributed by atoms with Crippen molar-refractivity contribution in [1.82, 2.24) is 0 Å². The average molecular weight is 240 g/mol. The van der Waals surface area contributed by atoms with Crippen LogP contribution in [0, 0.1) is 10.1 Å². The fourth-order valence-corrected chi connectivity index (χ4v) is 1.39. The summed E-state index contributed by atoms with van der Waals surface area (Å²) in [5.41, 5.74) is 5.36. The van der Waals surface area contributed by atoms with Gasteiger partial charge in [-0.25, -0.2) is 0 Å². The van der Waals surface area contributed by atoms with E-state index in [0.29, 0.717) is 5.75 Å². The molecule has 0 unspecified atom stereocenters. The lowest BCUT2D eigenvalue weighted by Gasteiger charge is -2.07. The fraction of sp³-hybridized carbons (Fsp3) is 0.300. The van der Waals surface area contributed by atoms with Gasteiger partial charge in [-0.05, 0) is 6.07 Å². The van der Waals surface area contributed by atoms with E-state index in [-0.39, 0.29) is 23.4 Å². The monoisotopic (exact) mass is 240 g/mol. The summed E-state index contributed by atoms with van der Waals surface area (Å²) in [6, 6.07) is 2.73. The highest BCUT2D eigenvalue weighted by atomic mass is 16.6.